The summed E-state index contributed by atoms with van der Waals surface area (Å²) in [5, 5.41) is 0. The van der Waals surface area contributed by atoms with Crippen molar-refractivity contribution in [3.05, 3.63) is 29.3 Å². The van der Waals surface area contributed by atoms with E-state index in [1.165, 1.54) is 11.1 Å². The minimum absolute atomic E-state index is 0.267. The lowest BCUT2D eigenvalue weighted by Gasteiger charge is -2.18. The molecule has 0 fully saturated rings. The maximum absolute atomic E-state index is 11.2. The maximum Gasteiger partial charge on any atom is 0.130 e. The smallest absolute Gasteiger partial charge is 0.130 e. The molecule has 2 nitrogen and oxygen atoms in total. The molecule has 1 unspecified atom stereocenters. The van der Waals surface area contributed by atoms with E-state index in [2.05, 4.69) is 52.8 Å². The number of hydrogen-bond acceptors (Lipinski definition) is 2. The summed E-state index contributed by atoms with van der Waals surface area (Å²) in [7, 11) is 0. The molecule has 0 radical (unpaired) electrons. The van der Waals surface area contributed by atoms with Gasteiger partial charge in [-0.3, -0.25) is 0 Å². The molecule has 0 bridgehead atoms. The van der Waals surface area contributed by atoms with Crippen LogP contribution < -0.4 is 4.74 Å². The third-order valence-electron chi connectivity index (χ3n) is 3.49. The molecule has 1 atom stereocenters. The van der Waals surface area contributed by atoms with Crippen molar-refractivity contribution < 1.29 is 9.53 Å². The fourth-order valence-corrected chi connectivity index (χ4v) is 2.53. The topological polar surface area (TPSA) is 26.3 Å². The zero-order valence-electron chi connectivity index (χ0n) is 14.4. The highest BCUT2D eigenvalue weighted by Gasteiger charge is 2.12. The Morgan fingerprint density at radius 1 is 1.14 bits per heavy atom. The molecule has 0 saturated heterocycles. The van der Waals surface area contributed by atoms with E-state index in [-0.39, 0.29) is 5.78 Å². The van der Waals surface area contributed by atoms with Crippen LogP contribution in [0.4, 0.5) is 0 Å². The molecular formula is C19H30O2. The summed E-state index contributed by atoms with van der Waals surface area (Å²) >= 11 is 0. The van der Waals surface area contributed by atoms with Crippen molar-refractivity contribution in [3.63, 3.8) is 0 Å². The molecule has 0 heterocycles. The average molecular weight is 290 g/mol. The van der Waals surface area contributed by atoms with Gasteiger partial charge >= 0.3 is 0 Å². The normalized spacial score (nSPS) is 12.8. The third-order valence-corrected chi connectivity index (χ3v) is 3.49. The fourth-order valence-electron chi connectivity index (χ4n) is 2.53. The first-order valence-corrected chi connectivity index (χ1v) is 8.04. The molecule has 0 saturated carbocycles. The van der Waals surface area contributed by atoms with Crippen LogP contribution in [0.1, 0.15) is 65.0 Å². The number of Topliss-reactive ketones (excluding diaryl/α,β-unsaturated/α-hetero) is 1. The van der Waals surface area contributed by atoms with Gasteiger partial charge in [-0.15, -0.1) is 0 Å². The van der Waals surface area contributed by atoms with Crippen LogP contribution >= 0.6 is 0 Å². The number of ether oxygens (including phenoxy) is 1. The van der Waals surface area contributed by atoms with Crippen LogP contribution in [0.2, 0.25) is 0 Å². The summed E-state index contributed by atoms with van der Waals surface area (Å²) in [4.78, 5) is 11.2. The van der Waals surface area contributed by atoms with Gasteiger partial charge in [0.15, 0.2) is 0 Å². The van der Waals surface area contributed by atoms with Gasteiger partial charge in [0, 0.05) is 6.42 Å². The van der Waals surface area contributed by atoms with Gasteiger partial charge in [0.05, 0.1) is 6.61 Å². The Kier molecular flexibility index (Phi) is 6.94. The number of benzene rings is 1. The molecule has 0 spiro atoms. The van der Waals surface area contributed by atoms with Crippen molar-refractivity contribution >= 4 is 5.78 Å². The maximum atomic E-state index is 11.2. The van der Waals surface area contributed by atoms with Crippen LogP contribution in [-0.2, 0) is 11.2 Å². The highest BCUT2D eigenvalue weighted by Crippen LogP contribution is 2.29. The van der Waals surface area contributed by atoms with Gasteiger partial charge < -0.3 is 9.53 Å². The molecule has 1 rings (SSSR count). The highest BCUT2D eigenvalue weighted by molar-refractivity contribution is 5.75. The Morgan fingerprint density at radius 2 is 1.81 bits per heavy atom. The molecule has 0 aliphatic carbocycles. The van der Waals surface area contributed by atoms with Gasteiger partial charge in [-0.05, 0) is 48.3 Å². The lowest BCUT2D eigenvalue weighted by molar-refractivity contribution is -0.117. The Hall–Kier alpha value is -1.31. The highest BCUT2D eigenvalue weighted by atomic mass is 16.5. The number of carbonyl (C=O) groups is 1. The summed E-state index contributed by atoms with van der Waals surface area (Å²) in [6.07, 6.45) is 1.60. The van der Waals surface area contributed by atoms with E-state index >= 15 is 0 Å². The predicted octanol–water partition coefficient (Wildman–Crippen LogP) is 5.00. The number of carbonyl (C=O) groups excluding carboxylic acids is 1. The minimum atomic E-state index is 0.267. The molecule has 118 valence electrons. The summed E-state index contributed by atoms with van der Waals surface area (Å²) in [5.74, 6) is 2.63. The Bertz CT molecular complexity index is 461. The first-order valence-electron chi connectivity index (χ1n) is 8.04. The second-order valence-electron chi connectivity index (χ2n) is 6.95. The summed E-state index contributed by atoms with van der Waals surface area (Å²) in [6.45, 7) is 13.3. The van der Waals surface area contributed by atoms with Crippen molar-refractivity contribution in [2.75, 3.05) is 6.61 Å². The number of rotatable bonds is 8. The Balaban J connectivity index is 2.84. The molecule has 0 aromatic heterocycles. The summed E-state index contributed by atoms with van der Waals surface area (Å²) in [5.41, 5.74) is 2.56. The lowest BCUT2D eigenvalue weighted by atomic mass is 9.93. The molecule has 0 aliphatic heterocycles. The summed E-state index contributed by atoms with van der Waals surface area (Å²) < 4.78 is 5.93. The largest absolute Gasteiger partial charge is 0.493 e. The van der Waals surface area contributed by atoms with Crippen LogP contribution in [0.3, 0.4) is 0 Å². The van der Waals surface area contributed by atoms with E-state index in [9.17, 15) is 4.79 Å². The van der Waals surface area contributed by atoms with E-state index < -0.39 is 0 Å². The summed E-state index contributed by atoms with van der Waals surface area (Å²) in [6, 6.07) is 6.47. The second-order valence-corrected chi connectivity index (χ2v) is 6.95. The van der Waals surface area contributed by atoms with Crippen molar-refractivity contribution in [3.8, 4) is 5.75 Å². The monoisotopic (exact) mass is 290 g/mol. The van der Waals surface area contributed by atoms with Crippen molar-refractivity contribution in [2.24, 2.45) is 11.8 Å². The van der Waals surface area contributed by atoms with E-state index in [0.717, 1.165) is 18.8 Å². The van der Waals surface area contributed by atoms with E-state index in [1.54, 1.807) is 6.92 Å². The van der Waals surface area contributed by atoms with Gasteiger partial charge in [0.2, 0.25) is 0 Å². The minimum Gasteiger partial charge on any atom is -0.493 e. The lowest BCUT2D eigenvalue weighted by Crippen LogP contribution is -2.08. The molecule has 2 heteroatoms. The van der Waals surface area contributed by atoms with Crippen molar-refractivity contribution in [1.82, 2.24) is 0 Å². The third kappa shape index (κ3) is 6.33. The molecular weight excluding hydrogens is 260 g/mol. The van der Waals surface area contributed by atoms with Crippen LogP contribution in [0.5, 0.6) is 5.75 Å². The second kappa shape index (κ2) is 8.21. The van der Waals surface area contributed by atoms with Gasteiger partial charge in [-0.1, -0.05) is 46.8 Å². The molecule has 1 aromatic rings. The van der Waals surface area contributed by atoms with E-state index in [4.69, 9.17) is 4.74 Å². The Morgan fingerprint density at radius 3 is 2.33 bits per heavy atom. The quantitative estimate of drug-likeness (QED) is 0.673. The Labute approximate surface area is 129 Å². The zero-order valence-corrected chi connectivity index (χ0v) is 14.4. The zero-order chi connectivity index (χ0) is 16.0. The fraction of sp³-hybridized carbons (Fsp3) is 0.632. The average Bonchev–Trinajstić information content (AvgIpc) is 2.35. The van der Waals surface area contributed by atoms with Crippen LogP contribution in [-0.4, -0.2) is 12.4 Å². The van der Waals surface area contributed by atoms with Crippen LogP contribution in [0.25, 0.3) is 0 Å². The molecule has 1 aromatic carbocycles. The molecule has 21 heavy (non-hydrogen) atoms. The van der Waals surface area contributed by atoms with Crippen LogP contribution in [0.15, 0.2) is 18.2 Å². The molecule has 0 aliphatic rings. The predicted molar refractivity (Wildman–Crippen MR) is 89.0 cm³/mol. The molecule has 0 N–H and O–H groups in total. The first kappa shape index (κ1) is 17.7. The number of hydrogen-bond donors (Lipinski definition) is 0. The van der Waals surface area contributed by atoms with Gasteiger partial charge in [-0.25, -0.2) is 0 Å². The van der Waals surface area contributed by atoms with Gasteiger partial charge in [-0.2, -0.15) is 0 Å². The first-order chi connectivity index (χ1) is 9.79. The van der Waals surface area contributed by atoms with Gasteiger partial charge in [0.25, 0.3) is 0 Å². The van der Waals surface area contributed by atoms with Crippen molar-refractivity contribution in [1.29, 1.82) is 0 Å². The number of ketones is 1. The standard InChI is InChI=1S/C19H30O2/c1-13(2)12-21-19-8-7-17(11-18(19)14(3)4)10-15(5)9-16(6)20/h7-8,11,13-15H,9-10,12H2,1-6H3. The van der Waals surface area contributed by atoms with Crippen molar-refractivity contribution in [2.45, 2.75) is 60.3 Å². The van der Waals surface area contributed by atoms with E-state index in [0.29, 0.717) is 24.2 Å². The van der Waals surface area contributed by atoms with Gasteiger partial charge in [0.1, 0.15) is 11.5 Å². The molecule has 0 amide bonds. The van der Waals surface area contributed by atoms with Crippen LogP contribution in [0, 0.1) is 11.8 Å². The SMILES string of the molecule is CC(=O)CC(C)Cc1ccc(OCC(C)C)c(C(C)C)c1. The van der Waals surface area contributed by atoms with E-state index in [1.807, 2.05) is 0 Å².